The number of carboxylic acids is 1. The summed E-state index contributed by atoms with van der Waals surface area (Å²) in [4.78, 5) is 127. The van der Waals surface area contributed by atoms with E-state index in [0.29, 0.717) is 16.8 Å². The molecule has 0 spiro atoms. The minimum absolute atomic E-state index is 0.0295. The van der Waals surface area contributed by atoms with E-state index in [9.17, 15) is 58.5 Å². The number of hydrogen-bond donors (Lipinski definition) is 14. The number of carboxylic acid groups (broad SMARTS) is 1. The van der Waals surface area contributed by atoms with Crippen LogP contribution in [-0.4, -0.2) is 140 Å². The first-order valence-corrected chi connectivity index (χ1v) is 20.4. The Morgan fingerprint density at radius 1 is 0.682 bits per heavy atom. The first-order valence-electron chi connectivity index (χ1n) is 20.4. The molecular formula is C41H55N13O12. The van der Waals surface area contributed by atoms with Crippen LogP contribution in [0.3, 0.4) is 0 Å². The maximum atomic E-state index is 14.0. The second kappa shape index (κ2) is 26.5. The molecule has 17 N–H and O–H groups in total. The van der Waals surface area contributed by atoms with Crippen molar-refractivity contribution >= 4 is 59.2 Å². The fourth-order valence-electron chi connectivity index (χ4n) is 6.20. The molecule has 356 valence electrons. The van der Waals surface area contributed by atoms with E-state index in [0.717, 1.165) is 0 Å². The number of aromatic hydroxyl groups is 1. The molecule has 0 fully saturated rings. The predicted octanol–water partition coefficient (Wildman–Crippen LogP) is -4.81. The third-order valence-electron chi connectivity index (χ3n) is 9.47. The lowest BCUT2D eigenvalue weighted by atomic mass is 10.0. The van der Waals surface area contributed by atoms with Crippen LogP contribution in [0.15, 0.2) is 72.1 Å². The number of hydrogen-bond acceptors (Lipinski definition) is 13. The summed E-state index contributed by atoms with van der Waals surface area (Å²) in [7, 11) is 0. The van der Waals surface area contributed by atoms with Gasteiger partial charge in [-0.15, -0.1) is 0 Å². The summed E-state index contributed by atoms with van der Waals surface area (Å²) in [5, 5.41) is 45.7. The number of aliphatic hydroxyl groups excluding tert-OH is 1. The van der Waals surface area contributed by atoms with Gasteiger partial charge in [0.15, 0.2) is 5.96 Å². The minimum Gasteiger partial charge on any atom is -0.508 e. The topological polar surface area (TPSA) is 418 Å². The highest BCUT2D eigenvalue weighted by atomic mass is 16.4. The fourth-order valence-corrected chi connectivity index (χ4v) is 6.20. The number of phenols is 1. The van der Waals surface area contributed by atoms with Gasteiger partial charge in [-0.05, 0) is 36.1 Å². The maximum absolute atomic E-state index is 14.0. The quantitative estimate of drug-likeness (QED) is 0.0194. The first kappa shape index (κ1) is 52.3. The van der Waals surface area contributed by atoms with Gasteiger partial charge in [0.25, 0.3) is 0 Å². The van der Waals surface area contributed by atoms with Gasteiger partial charge in [0.05, 0.1) is 25.9 Å². The summed E-state index contributed by atoms with van der Waals surface area (Å²) in [5.74, 6) is -9.26. The third kappa shape index (κ3) is 18.7. The Morgan fingerprint density at radius 2 is 1.24 bits per heavy atom. The molecule has 0 radical (unpaired) electrons. The Balaban J connectivity index is 1.77. The van der Waals surface area contributed by atoms with Crippen molar-refractivity contribution in [2.45, 2.75) is 81.7 Å². The number of benzene rings is 2. The molecule has 0 saturated carbocycles. The van der Waals surface area contributed by atoms with Crippen LogP contribution in [0.25, 0.3) is 0 Å². The number of aliphatic imine (C=N–C) groups is 1. The van der Waals surface area contributed by atoms with Crippen LogP contribution < -0.4 is 54.4 Å². The number of H-pyrrole nitrogens is 1. The predicted molar refractivity (Wildman–Crippen MR) is 233 cm³/mol. The van der Waals surface area contributed by atoms with Crippen LogP contribution in [0.5, 0.6) is 5.75 Å². The molecule has 0 aliphatic rings. The molecule has 0 unspecified atom stereocenters. The van der Waals surface area contributed by atoms with Crippen LogP contribution in [0, 0.1) is 0 Å². The Bertz CT molecular complexity index is 2170. The molecule has 25 heteroatoms. The second-order valence-electron chi connectivity index (χ2n) is 14.8. The lowest BCUT2D eigenvalue weighted by molar-refractivity contribution is -0.141. The number of aliphatic hydroxyl groups is 1. The molecule has 3 aromatic rings. The van der Waals surface area contributed by atoms with Gasteiger partial charge in [0.1, 0.15) is 42.0 Å². The smallest absolute Gasteiger partial charge is 0.305 e. The van der Waals surface area contributed by atoms with Gasteiger partial charge in [-0.2, -0.15) is 0 Å². The van der Waals surface area contributed by atoms with Crippen molar-refractivity contribution < 1.29 is 58.5 Å². The number of imidazole rings is 1. The molecule has 8 amide bonds. The number of aromatic amines is 1. The van der Waals surface area contributed by atoms with E-state index in [2.05, 4.69) is 52.2 Å². The zero-order valence-electron chi connectivity index (χ0n) is 35.8. The monoisotopic (exact) mass is 921 g/mol. The number of nitrogens with two attached hydrogens (primary N) is 3. The third-order valence-corrected chi connectivity index (χ3v) is 9.47. The average molecular weight is 922 g/mol. The van der Waals surface area contributed by atoms with Gasteiger partial charge in [-0.3, -0.25) is 48.1 Å². The normalized spacial score (nSPS) is 13.4. The van der Waals surface area contributed by atoms with Crippen molar-refractivity contribution in [2.75, 3.05) is 19.7 Å². The Labute approximate surface area is 377 Å². The molecule has 25 nitrogen and oxygen atoms in total. The van der Waals surface area contributed by atoms with Crippen LogP contribution in [0.2, 0.25) is 0 Å². The van der Waals surface area contributed by atoms with Gasteiger partial charge >= 0.3 is 5.97 Å². The number of aliphatic carboxylic acids is 1. The van der Waals surface area contributed by atoms with Crippen molar-refractivity contribution in [3.63, 3.8) is 0 Å². The number of nitrogens with one attached hydrogen (secondary N) is 8. The van der Waals surface area contributed by atoms with E-state index in [1.54, 1.807) is 30.3 Å². The van der Waals surface area contributed by atoms with Crippen molar-refractivity contribution in [3.05, 3.63) is 83.9 Å². The van der Waals surface area contributed by atoms with Gasteiger partial charge in [-0.1, -0.05) is 42.5 Å². The van der Waals surface area contributed by atoms with Crippen molar-refractivity contribution in [3.8, 4) is 5.75 Å². The van der Waals surface area contributed by atoms with Crippen molar-refractivity contribution in [1.82, 2.24) is 47.2 Å². The Morgan fingerprint density at radius 3 is 1.82 bits per heavy atom. The highest BCUT2D eigenvalue weighted by Crippen LogP contribution is 2.12. The van der Waals surface area contributed by atoms with Gasteiger partial charge in [0, 0.05) is 44.6 Å². The summed E-state index contributed by atoms with van der Waals surface area (Å²) in [6.45, 7) is -0.552. The number of amides is 8. The summed E-state index contributed by atoms with van der Waals surface area (Å²) in [5.41, 5.74) is 17.8. The van der Waals surface area contributed by atoms with Gasteiger partial charge in [-0.25, -0.2) is 4.98 Å². The molecule has 2 aromatic carbocycles. The maximum Gasteiger partial charge on any atom is 0.305 e. The number of primary amides is 1. The number of nitrogens with zero attached hydrogens (tertiary/aromatic N) is 2. The molecule has 0 bridgehead atoms. The fraction of sp³-hybridized carbons (Fsp3) is 0.390. The first-order chi connectivity index (χ1) is 31.3. The van der Waals surface area contributed by atoms with Crippen molar-refractivity contribution in [1.29, 1.82) is 0 Å². The summed E-state index contributed by atoms with van der Waals surface area (Å²) in [6.07, 6.45) is 1.34. The molecule has 6 atom stereocenters. The Hall–Kier alpha value is -8.09. The van der Waals surface area contributed by atoms with E-state index < -0.39 is 109 Å². The molecule has 0 aliphatic heterocycles. The highest BCUT2D eigenvalue weighted by molar-refractivity contribution is 5.98. The van der Waals surface area contributed by atoms with E-state index in [1.807, 2.05) is 0 Å². The van der Waals surface area contributed by atoms with Crippen LogP contribution in [-0.2, 0) is 62.4 Å². The molecule has 66 heavy (non-hydrogen) atoms. The number of phenolic OH excluding ortho intramolecular Hbond substituents is 1. The number of carbonyl (C=O) groups excluding carboxylic acids is 8. The Kier molecular flexibility index (Phi) is 21.0. The minimum atomic E-state index is -1.91. The van der Waals surface area contributed by atoms with E-state index in [1.165, 1.54) is 43.7 Å². The lowest BCUT2D eigenvalue weighted by Gasteiger charge is -2.26. The molecule has 1 heterocycles. The number of aromatic nitrogens is 2. The molecule has 0 aliphatic carbocycles. The zero-order chi connectivity index (χ0) is 48.8. The van der Waals surface area contributed by atoms with E-state index in [4.69, 9.17) is 17.2 Å². The zero-order valence-corrected chi connectivity index (χ0v) is 35.8. The largest absolute Gasteiger partial charge is 0.508 e. The summed E-state index contributed by atoms with van der Waals surface area (Å²) >= 11 is 0. The van der Waals surface area contributed by atoms with Crippen LogP contribution >= 0.6 is 0 Å². The molecular weight excluding hydrogens is 867 g/mol. The summed E-state index contributed by atoms with van der Waals surface area (Å²) in [6, 6.07) is 5.50. The number of guanidine groups is 1. The summed E-state index contributed by atoms with van der Waals surface area (Å²) < 4.78 is 0. The average Bonchev–Trinajstić information content (AvgIpc) is 3.78. The van der Waals surface area contributed by atoms with Gasteiger partial charge < -0.3 is 74.7 Å². The lowest BCUT2D eigenvalue weighted by Crippen LogP contribution is -2.60. The van der Waals surface area contributed by atoms with Crippen LogP contribution in [0.1, 0.15) is 43.0 Å². The van der Waals surface area contributed by atoms with Gasteiger partial charge in [0.2, 0.25) is 47.3 Å². The van der Waals surface area contributed by atoms with E-state index >= 15 is 0 Å². The second-order valence-corrected chi connectivity index (χ2v) is 14.8. The highest BCUT2D eigenvalue weighted by Gasteiger charge is 2.34. The van der Waals surface area contributed by atoms with Crippen molar-refractivity contribution in [2.24, 2.45) is 22.2 Å². The molecule has 1 aromatic heterocycles. The molecule has 0 saturated heterocycles. The number of rotatable bonds is 27. The van der Waals surface area contributed by atoms with E-state index in [-0.39, 0.29) is 50.4 Å². The van der Waals surface area contributed by atoms with Crippen LogP contribution in [0.4, 0.5) is 0 Å². The molecule has 3 rings (SSSR count). The standard InChI is InChI=1S/C41H55N13O12/c1-22(56)49-29(15-23-6-3-2-4-7-23)38(64)51-27(8-5-13-46-41(43)44)37(63)52-30(16-25-18-45-21-48-25)39(65)53-31(17-34(59)60)40(66)54-32(20-55)36(62)47-19-33(58)50-28(35(42)61)14-24-9-11-26(57)12-10-24/h2-4,6-7,9-12,18,21,27-32,55,57H,5,8,13-17,19-20H2,1H3,(H2,42,61)(H,45,48)(H,47,62)(H,49,56)(H,50,58)(H,51,64)(H,52,63)(H,53,65)(H,54,66)(H,59,60)(H4,43,44,46)/t27-,28-,29-,30-,31-,32-/m0/s1. The number of carbonyl (C=O) groups is 9. The SMILES string of the molecule is CC(=O)N[C@@H](Cc1ccccc1)C(=O)N[C@@H](CCCN=C(N)N)C(=O)N[C@@H](Cc1cnc[nH]1)C(=O)N[C@@H](CC(=O)O)C(=O)N[C@@H](CO)C(=O)NCC(=O)N[C@@H](Cc1ccc(O)cc1)C(N)=O.